The Bertz CT molecular complexity index is 108. The molecule has 3 atom stereocenters. The molecule has 1 N–H and O–H groups in total. The van der Waals surface area contributed by atoms with Crippen molar-refractivity contribution in [2.24, 2.45) is 11.8 Å². The molecule has 0 heterocycles. The highest BCUT2D eigenvalue weighted by atomic mass is 79.9. The summed E-state index contributed by atoms with van der Waals surface area (Å²) >= 11 is 3.37. The third-order valence-electron chi connectivity index (χ3n) is 1.88. The number of halogens is 1. The van der Waals surface area contributed by atoms with Gasteiger partial charge in [0.2, 0.25) is 0 Å². The van der Waals surface area contributed by atoms with Crippen LogP contribution in [0.25, 0.3) is 0 Å². The third kappa shape index (κ3) is 1.94. The molecule has 0 aromatic heterocycles. The van der Waals surface area contributed by atoms with Crippen LogP contribution in [0.1, 0.15) is 13.3 Å². The van der Waals surface area contributed by atoms with Crippen molar-refractivity contribution in [3.63, 3.8) is 0 Å². The van der Waals surface area contributed by atoms with Gasteiger partial charge in [-0.05, 0) is 19.3 Å². The van der Waals surface area contributed by atoms with Crippen molar-refractivity contribution in [1.82, 2.24) is 0 Å². The van der Waals surface area contributed by atoms with Crippen LogP contribution in [0, 0.1) is 11.8 Å². The van der Waals surface area contributed by atoms with Gasteiger partial charge in [0, 0.05) is 17.9 Å². The molecule has 1 rings (SSSR count). The maximum Gasteiger partial charge on any atom is 0.157 e. The number of rotatable bonds is 4. The Morgan fingerprint density at radius 1 is 1.80 bits per heavy atom. The minimum absolute atomic E-state index is 0.388. The lowest BCUT2D eigenvalue weighted by Crippen LogP contribution is -2.15. The fourth-order valence-electron chi connectivity index (χ4n) is 1.09. The molecule has 1 saturated carbocycles. The molecule has 1 aliphatic rings. The second kappa shape index (κ2) is 3.69. The van der Waals surface area contributed by atoms with Gasteiger partial charge in [0.1, 0.15) is 0 Å². The van der Waals surface area contributed by atoms with E-state index in [-0.39, 0.29) is 0 Å². The highest BCUT2D eigenvalue weighted by molar-refractivity contribution is 9.09. The van der Waals surface area contributed by atoms with Crippen molar-refractivity contribution >= 4 is 15.9 Å². The Balaban J connectivity index is 2.12. The Kier molecular flexibility index (Phi) is 3.14. The molecule has 1 fully saturated rings. The van der Waals surface area contributed by atoms with Crippen LogP contribution < -0.4 is 0 Å². The van der Waals surface area contributed by atoms with Crippen molar-refractivity contribution in [3.8, 4) is 0 Å². The SMILES string of the molecule is CCOC(O)[C@@H]1C[C@H]1CBr. The Labute approximate surface area is 69.7 Å². The van der Waals surface area contributed by atoms with Gasteiger partial charge >= 0.3 is 0 Å². The molecule has 2 nitrogen and oxygen atoms in total. The fraction of sp³-hybridized carbons (Fsp3) is 1.00. The van der Waals surface area contributed by atoms with Crippen LogP contribution in [0.4, 0.5) is 0 Å². The van der Waals surface area contributed by atoms with Gasteiger partial charge in [0.25, 0.3) is 0 Å². The smallest absolute Gasteiger partial charge is 0.157 e. The van der Waals surface area contributed by atoms with E-state index in [0.29, 0.717) is 18.4 Å². The maximum absolute atomic E-state index is 9.25. The normalized spacial score (nSPS) is 33.9. The van der Waals surface area contributed by atoms with Crippen molar-refractivity contribution in [1.29, 1.82) is 0 Å². The first kappa shape index (κ1) is 8.50. The Hall–Kier alpha value is 0.400. The van der Waals surface area contributed by atoms with E-state index in [2.05, 4.69) is 15.9 Å². The third-order valence-corrected chi connectivity index (χ3v) is 2.71. The van der Waals surface area contributed by atoms with Gasteiger partial charge in [-0.2, -0.15) is 0 Å². The van der Waals surface area contributed by atoms with Gasteiger partial charge in [-0.3, -0.25) is 0 Å². The van der Waals surface area contributed by atoms with Gasteiger partial charge in [-0.1, -0.05) is 15.9 Å². The largest absolute Gasteiger partial charge is 0.368 e. The molecule has 0 aliphatic heterocycles. The molecule has 1 aliphatic carbocycles. The van der Waals surface area contributed by atoms with Crippen molar-refractivity contribution in [3.05, 3.63) is 0 Å². The summed E-state index contributed by atoms with van der Waals surface area (Å²) < 4.78 is 5.03. The molecule has 60 valence electrons. The van der Waals surface area contributed by atoms with Crippen molar-refractivity contribution < 1.29 is 9.84 Å². The van der Waals surface area contributed by atoms with Crippen LogP contribution in [0.5, 0.6) is 0 Å². The summed E-state index contributed by atoms with van der Waals surface area (Å²) in [6, 6.07) is 0. The molecular formula is C7H13BrO2. The monoisotopic (exact) mass is 208 g/mol. The van der Waals surface area contributed by atoms with Crippen LogP contribution in [-0.4, -0.2) is 23.3 Å². The van der Waals surface area contributed by atoms with Crippen LogP contribution in [0.2, 0.25) is 0 Å². The second-order valence-electron chi connectivity index (χ2n) is 2.66. The summed E-state index contributed by atoms with van der Waals surface area (Å²) in [5.74, 6) is 1.03. The molecule has 0 spiro atoms. The molecule has 0 saturated heterocycles. The summed E-state index contributed by atoms with van der Waals surface area (Å²) in [6.07, 6.45) is 0.583. The molecule has 0 amide bonds. The lowest BCUT2D eigenvalue weighted by atomic mass is 10.3. The molecule has 0 aromatic rings. The lowest BCUT2D eigenvalue weighted by molar-refractivity contribution is -0.110. The number of ether oxygens (including phenoxy) is 1. The summed E-state index contributed by atoms with van der Waals surface area (Å²) in [7, 11) is 0. The molecule has 3 heteroatoms. The molecule has 10 heavy (non-hydrogen) atoms. The summed E-state index contributed by atoms with van der Waals surface area (Å²) in [6.45, 7) is 2.50. The average Bonchev–Trinajstić information content (AvgIpc) is 2.66. The number of aliphatic hydroxyl groups is 1. The Morgan fingerprint density at radius 2 is 2.50 bits per heavy atom. The predicted molar refractivity (Wildman–Crippen MR) is 43.0 cm³/mol. The van der Waals surface area contributed by atoms with E-state index in [4.69, 9.17) is 4.74 Å². The van der Waals surface area contributed by atoms with Gasteiger partial charge in [0.15, 0.2) is 6.29 Å². The van der Waals surface area contributed by atoms with Crippen molar-refractivity contribution in [2.45, 2.75) is 19.6 Å². The molecule has 1 unspecified atom stereocenters. The van der Waals surface area contributed by atoms with E-state index in [9.17, 15) is 5.11 Å². The van der Waals surface area contributed by atoms with E-state index in [1.54, 1.807) is 0 Å². The molecular weight excluding hydrogens is 196 g/mol. The summed E-state index contributed by atoms with van der Waals surface area (Å²) in [5.41, 5.74) is 0. The number of alkyl halides is 1. The van der Waals surface area contributed by atoms with E-state index in [1.165, 1.54) is 0 Å². The number of hydrogen-bond donors (Lipinski definition) is 1. The van der Waals surface area contributed by atoms with Gasteiger partial charge in [0.05, 0.1) is 0 Å². The summed E-state index contributed by atoms with van der Waals surface area (Å²) in [5, 5.41) is 10.2. The maximum atomic E-state index is 9.25. The molecule has 0 radical (unpaired) electrons. The highest BCUT2D eigenvalue weighted by Gasteiger charge is 2.41. The number of aliphatic hydroxyl groups excluding tert-OH is 1. The number of hydrogen-bond acceptors (Lipinski definition) is 2. The van der Waals surface area contributed by atoms with Gasteiger partial charge < -0.3 is 9.84 Å². The zero-order valence-electron chi connectivity index (χ0n) is 6.09. The first-order valence-corrected chi connectivity index (χ1v) is 4.77. The van der Waals surface area contributed by atoms with E-state index in [1.807, 2.05) is 6.92 Å². The zero-order valence-corrected chi connectivity index (χ0v) is 7.67. The van der Waals surface area contributed by atoms with E-state index in [0.717, 1.165) is 11.8 Å². The van der Waals surface area contributed by atoms with Crippen molar-refractivity contribution in [2.75, 3.05) is 11.9 Å². The highest BCUT2D eigenvalue weighted by Crippen LogP contribution is 2.42. The predicted octanol–water partition coefficient (Wildman–Crippen LogP) is 1.37. The van der Waals surface area contributed by atoms with Gasteiger partial charge in [-0.15, -0.1) is 0 Å². The first-order chi connectivity index (χ1) is 4.79. The van der Waals surface area contributed by atoms with Gasteiger partial charge in [-0.25, -0.2) is 0 Å². The summed E-state index contributed by atoms with van der Waals surface area (Å²) in [4.78, 5) is 0. The van der Waals surface area contributed by atoms with Crippen LogP contribution in [0.15, 0.2) is 0 Å². The topological polar surface area (TPSA) is 29.5 Å². The standard InChI is InChI=1S/C7H13BrO2/c1-2-10-7(9)6-3-5(6)4-8/h5-7,9H,2-4H2,1H3/t5-,6+,7?/m0/s1. The van der Waals surface area contributed by atoms with E-state index >= 15 is 0 Å². The fourth-order valence-corrected chi connectivity index (χ4v) is 1.84. The minimum Gasteiger partial charge on any atom is -0.368 e. The first-order valence-electron chi connectivity index (χ1n) is 3.65. The van der Waals surface area contributed by atoms with Crippen LogP contribution >= 0.6 is 15.9 Å². The van der Waals surface area contributed by atoms with Crippen LogP contribution in [-0.2, 0) is 4.74 Å². The Morgan fingerprint density at radius 3 is 2.90 bits per heavy atom. The molecule has 0 bridgehead atoms. The second-order valence-corrected chi connectivity index (χ2v) is 3.31. The minimum atomic E-state index is -0.521. The molecule has 0 aromatic carbocycles. The van der Waals surface area contributed by atoms with Crippen LogP contribution in [0.3, 0.4) is 0 Å². The quantitative estimate of drug-likeness (QED) is 0.559. The van der Waals surface area contributed by atoms with E-state index < -0.39 is 6.29 Å². The zero-order chi connectivity index (χ0) is 7.56. The lowest BCUT2D eigenvalue weighted by Gasteiger charge is -2.08. The average molecular weight is 209 g/mol.